The Bertz CT molecular complexity index is 319. The monoisotopic (exact) mass is 244 g/mol. The lowest BCUT2D eigenvalue weighted by Gasteiger charge is -2.32. The zero-order valence-corrected chi connectivity index (χ0v) is 9.96. The second kappa shape index (κ2) is 5.14. The third kappa shape index (κ3) is 2.66. The molecular weight excluding hydrogens is 227 g/mol. The van der Waals surface area contributed by atoms with Crippen molar-refractivity contribution in [1.29, 1.82) is 0 Å². The molecule has 0 amide bonds. The van der Waals surface area contributed by atoms with Crippen molar-refractivity contribution in [1.82, 2.24) is 0 Å². The van der Waals surface area contributed by atoms with Gasteiger partial charge in [-0.2, -0.15) is 4.39 Å². The number of carbonyl (C=O) groups is 1. The number of ether oxygens (including phenoxy) is 3. The number of halogens is 1. The average Bonchev–Trinajstić information content (AvgIpc) is 2.78. The van der Waals surface area contributed by atoms with Crippen molar-refractivity contribution in [2.45, 2.75) is 38.4 Å². The minimum Gasteiger partial charge on any atom is -0.461 e. The van der Waals surface area contributed by atoms with Gasteiger partial charge in [-0.15, -0.1) is 0 Å². The lowest BCUT2D eigenvalue weighted by atomic mass is 9.89. The van der Waals surface area contributed by atoms with Crippen molar-refractivity contribution in [3.8, 4) is 0 Å². The molecule has 0 aromatic rings. The maximum absolute atomic E-state index is 13.7. The second-order valence-electron chi connectivity index (χ2n) is 4.25. The van der Waals surface area contributed by atoms with E-state index in [0.29, 0.717) is 44.5 Å². The van der Waals surface area contributed by atoms with Crippen LogP contribution in [-0.4, -0.2) is 31.6 Å². The predicted octanol–water partition coefficient (Wildman–Crippen LogP) is 2.09. The number of carbonyl (C=O) groups excluding carboxylic acids is 1. The number of esters is 1. The van der Waals surface area contributed by atoms with Crippen molar-refractivity contribution in [2.75, 3.05) is 19.8 Å². The van der Waals surface area contributed by atoms with Crippen LogP contribution in [0.3, 0.4) is 0 Å². The van der Waals surface area contributed by atoms with E-state index >= 15 is 0 Å². The van der Waals surface area contributed by atoms with Gasteiger partial charge in [0.05, 0.1) is 19.8 Å². The van der Waals surface area contributed by atoms with Gasteiger partial charge in [0.2, 0.25) is 5.83 Å². The van der Waals surface area contributed by atoms with Gasteiger partial charge >= 0.3 is 5.97 Å². The first-order chi connectivity index (χ1) is 8.17. The first kappa shape index (κ1) is 12.5. The zero-order chi connectivity index (χ0) is 12.3. The molecule has 0 bridgehead atoms. The van der Waals surface area contributed by atoms with E-state index in [1.807, 2.05) is 0 Å². The molecule has 0 N–H and O–H groups in total. The maximum Gasteiger partial charge on any atom is 0.367 e. The molecule has 1 aliphatic carbocycles. The van der Waals surface area contributed by atoms with Crippen LogP contribution in [0.15, 0.2) is 11.4 Å². The summed E-state index contributed by atoms with van der Waals surface area (Å²) < 4.78 is 29.4. The molecule has 0 radical (unpaired) electrons. The van der Waals surface area contributed by atoms with Crippen LogP contribution in [-0.2, 0) is 19.0 Å². The van der Waals surface area contributed by atoms with E-state index in [0.717, 1.165) is 0 Å². The summed E-state index contributed by atoms with van der Waals surface area (Å²) in [6, 6.07) is 0. The summed E-state index contributed by atoms with van der Waals surface area (Å²) in [6.45, 7) is 3.04. The maximum atomic E-state index is 13.7. The van der Waals surface area contributed by atoms with E-state index in [1.54, 1.807) is 6.92 Å². The van der Waals surface area contributed by atoms with Crippen molar-refractivity contribution in [3.05, 3.63) is 11.4 Å². The Morgan fingerprint density at radius 1 is 1.35 bits per heavy atom. The van der Waals surface area contributed by atoms with E-state index in [1.165, 1.54) is 0 Å². The molecule has 1 spiro atoms. The topological polar surface area (TPSA) is 44.8 Å². The molecule has 2 aliphatic rings. The van der Waals surface area contributed by atoms with E-state index in [9.17, 15) is 9.18 Å². The van der Waals surface area contributed by atoms with Gasteiger partial charge in [-0.1, -0.05) is 0 Å². The molecule has 0 aromatic heterocycles. The standard InChI is InChI=1S/C12H17FO4/c1-2-15-11(14)10(13)9-3-5-12(6-4-9)16-7-8-17-12/h2-8H2,1H3. The molecule has 1 aliphatic heterocycles. The third-order valence-electron chi connectivity index (χ3n) is 3.19. The summed E-state index contributed by atoms with van der Waals surface area (Å²) >= 11 is 0. The number of allylic oxidation sites excluding steroid dienone is 1. The molecule has 2 fully saturated rings. The van der Waals surface area contributed by atoms with E-state index < -0.39 is 17.6 Å². The highest BCUT2D eigenvalue weighted by Gasteiger charge is 2.40. The molecule has 0 unspecified atom stereocenters. The number of rotatable bonds is 2. The Labute approximate surface area is 99.7 Å². The smallest absolute Gasteiger partial charge is 0.367 e. The van der Waals surface area contributed by atoms with Gasteiger partial charge < -0.3 is 14.2 Å². The fourth-order valence-electron chi connectivity index (χ4n) is 2.28. The Morgan fingerprint density at radius 3 is 2.47 bits per heavy atom. The quantitative estimate of drug-likeness (QED) is 0.551. The lowest BCUT2D eigenvalue weighted by molar-refractivity contribution is -0.172. The Hall–Kier alpha value is -0.940. The van der Waals surface area contributed by atoms with Gasteiger partial charge in [0.15, 0.2) is 5.79 Å². The minimum atomic E-state index is -0.855. The van der Waals surface area contributed by atoms with Crippen molar-refractivity contribution in [3.63, 3.8) is 0 Å². The summed E-state index contributed by atoms with van der Waals surface area (Å²) in [4.78, 5) is 11.2. The van der Waals surface area contributed by atoms with Crippen LogP contribution in [0.4, 0.5) is 4.39 Å². The molecule has 1 saturated heterocycles. The van der Waals surface area contributed by atoms with Crippen molar-refractivity contribution >= 4 is 5.97 Å². The van der Waals surface area contributed by atoms with Gasteiger partial charge in [0.1, 0.15) is 0 Å². The number of hydrogen-bond acceptors (Lipinski definition) is 4. The zero-order valence-electron chi connectivity index (χ0n) is 9.96. The molecule has 4 nitrogen and oxygen atoms in total. The summed E-state index contributed by atoms with van der Waals surface area (Å²) in [5.41, 5.74) is 0.521. The molecule has 5 heteroatoms. The molecule has 0 atom stereocenters. The predicted molar refractivity (Wildman–Crippen MR) is 57.9 cm³/mol. The van der Waals surface area contributed by atoms with Crippen LogP contribution in [0, 0.1) is 0 Å². The molecule has 1 saturated carbocycles. The van der Waals surface area contributed by atoms with Crippen LogP contribution in [0.2, 0.25) is 0 Å². The highest BCUT2D eigenvalue weighted by molar-refractivity contribution is 5.86. The molecule has 17 heavy (non-hydrogen) atoms. The minimum absolute atomic E-state index is 0.190. The fourth-order valence-corrected chi connectivity index (χ4v) is 2.28. The van der Waals surface area contributed by atoms with E-state index in [2.05, 4.69) is 4.74 Å². The van der Waals surface area contributed by atoms with E-state index in [-0.39, 0.29) is 6.61 Å². The van der Waals surface area contributed by atoms with Gasteiger partial charge in [-0.25, -0.2) is 4.79 Å². The third-order valence-corrected chi connectivity index (χ3v) is 3.19. The van der Waals surface area contributed by atoms with Gasteiger partial charge in [-0.05, 0) is 25.3 Å². The Kier molecular flexibility index (Phi) is 3.79. The van der Waals surface area contributed by atoms with Crippen molar-refractivity contribution in [2.24, 2.45) is 0 Å². The Balaban J connectivity index is 1.97. The van der Waals surface area contributed by atoms with Crippen LogP contribution in [0.1, 0.15) is 32.6 Å². The SMILES string of the molecule is CCOC(=O)C(F)=C1CCC2(CC1)OCCO2. The second-order valence-corrected chi connectivity index (χ2v) is 4.25. The summed E-state index contributed by atoms with van der Waals surface area (Å²) in [5.74, 6) is -2.12. The van der Waals surface area contributed by atoms with Crippen LogP contribution < -0.4 is 0 Å². The lowest BCUT2D eigenvalue weighted by Crippen LogP contribution is -2.33. The molecule has 96 valence electrons. The van der Waals surface area contributed by atoms with Crippen LogP contribution in [0.25, 0.3) is 0 Å². The van der Waals surface area contributed by atoms with Crippen LogP contribution in [0.5, 0.6) is 0 Å². The fraction of sp³-hybridized carbons (Fsp3) is 0.750. The molecule has 1 heterocycles. The highest BCUT2D eigenvalue weighted by Crippen LogP contribution is 2.39. The van der Waals surface area contributed by atoms with Crippen molar-refractivity contribution < 1.29 is 23.4 Å². The van der Waals surface area contributed by atoms with E-state index in [4.69, 9.17) is 9.47 Å². The largest absolute Gasteiger partial charge is 0.461 e. The summed E-state index contributed by atoms with van der Waals surface area (Å²) in [7, 11) is 0. The molecular formula is C12H17FO4. The average molecular weight is 244 g/mol. The Morgan fingerprint density at radius 2 is 1.94 bits per heavy atom. The molecule has 2 rings (SSSR count). The summed E-state index contributed by atoms with van der Waals surface area (Å²) in [5, 5.41) is 0. The van der Waals surface area contributed by atoms with Gasteiger partial charge in [0.25, 0.3) is 0 Å². The first-order valence-corrected chi connectivity index (χ1v) is 5.99. The highest BCUT2D eigenvalue weighted by atomic mass is 19.1. The normalized spacial score (nSPS) is 22.8. The number of hydrogen-bond donors (Lipinski definition) is 0. The summed E-state index contributed by atoms with van der Waals surface area (Å²) in [6.07, 6.45) is 2.19. The first-order valence-electron chi connectivity index (χ1n) is 5.99. The van der Waals surface area contributed by atoms with Gasteiger partial charge in [-0.3, -0.25) is 0 Å². The van der Waals surface area contributed by atoms with Gasteiger partial charge in [0, 0.05) is 12.8 Å². The van der Waals surface area contributed by atoms with Crippen LogP contribution >= 0.6 is 0 Å². The molecule has 0 aromatic carbocycles.